The molecule has 1 aliphatic rings. The number of likely N-dealkylation sites (N-methyl/N-ethyl adjacent to an activating group) is 1. The highest BCUT2D eigenvalue weighted by atomic mass is 35.5. The Morgan fingerprint density at radius 2 is 1.91 bits per heavy atom. The number of halogens is 2. The highest BCUT2D eigenvalue weighted by Crippen LogP contribution is 2.39. The zero-order valence-electron chi connectivity index (χ0n) is 12.7. The van der Waals surface area contributed by atoms with E-state index < -0.39 is 0 Å². The van der Waals surface area contributed by atoms with Crippen LogP contribution in [0, 0.1) is 0 Å². The molecule has 2 atom stereocenters. The second kappa shape index (κ2) is 6.49. The molecule has 2 aromatic rings. The number of ether oxygens (including phenoxy) is 1. The summed E-state index contributed by atoms with van der Waals surface area (Å²) in [7, 11) is 3.72. The summed E-state index contributed by atoms with van der Waals surface area (Å²) < 4.78 is 5.37. The van der Waals surface area contributed by atoms with Crippen LogP contribution in [0.2, 0.25) is 10.0 Å². The van der Waals surface area contributed by atoms with Gasteiger partial charge in [0.15, 0.2) is 0 Å². The zero-order chi connectivity index (χ0) is 15.7. The fourth-order valence-electron chi connectivity index (χ4n) is 3.25. The van der Waals surface area contributed by atoms with E-state index in [0.717, 1.165) is 18.6 Å². The fourth-order valence-corrected chi connectivity index (χ4v) is 3.56. The number of rotatable bonds is 3. The number of fused-ring (bicyclic) bond motifs is 1. The van der Waals surface area contributed by atoms with Gasteiger partial charge in [-0.25, -0.2) is 0 Å². The predicted octanol–water partition coefficient (Wildman–Crippen LogP) is 4.67. The summed E-state index contributed by atoms with van der Waals surface area (Å²) in [4.78, 5) is 0. The highest BCUT2D eigenvalue weighted by molar-refractivity contribution is 6.42. The van der Waals surface area contributed by atoms with Crippen molar-refractivity contribution in [1.29, 1.82) is 0 Å². The Morgan fingerprint density at radius 1 is 1.09 bits per heavy atom. The monoisotopic (exact) mass is 335 g/mol. The quantitative estimate of drug-likeness (QED) is 0.880. The van der Waals surface area contributed by atoms with Gasteiger partial charge in [0.2, 0.25) is 0 Å². The van der Waals surface area contributed by atoms with E-state index in [9.17, 15) is 0 Å². The summed E-state index contributed by atoms with van der Waals surface area (Å²) in [5.41, 5.74) is 3.90. The van der Waals surface area contributed by atoms with E-state index in [-0.39, 0.29) is 0 Å². The molecule has 22 heavy (non-hydrogen) atoms. The highest BCUT2D eigenvalue weighted by Gasteiger charge is 2.28. The fraction of sp³-hybridized carbons (Fsp3) is 0.333. The Bertz CT molecular complexity index is 687. The van der Waals surface area contributed by atoms with Crippen LogP contribution in [0.3, 0.4) is 0 Å². The van der Waals surface area contributed by atoms with E-state index in [1.54, 1.807) is 7.11 Å². The number of methoxy groups -OCH3 is 1. The van der Waals surface area contributed by atoms with Crippen molar-refractivity contribution in [2.24, 2.45) is 0 Å². The lowest BCUT2D eigenvalue weighted by Gasteiger charge is -2.32. The van der Waals surface area contributed by atoms with Gasteiger partial charge in [0, 0.05) is 12.0 Å². The first-order valence-corrected chi connectivity index (χ1v) is 8.17. The van der Waals surface area contributed by atoms with E-state index in [1.165, 1.54) is 16.7 Å². The summed E-state index contributed by atoms with van der Waals surface area (Å²) in [6.45, 7) is 0. The van der Waals surface area contributed by atoms with Crippen LogP contribution in [0.5, 0.6) is 5.75 Å². The third-order valence-electron chi connectivity index (χ3n) is 4.47. The van der Waals surface area contributed by atoms with Crippen molar-refractivity contribution in [3.8, 4) is 5.75 Å². The minimum Gasteiger partial charge on any atom is -0.497 e. The van der Waals surface area contributed by atoms with E-state index in [1.807, 2.05) is 25.2 Å². The van der Waals surface area contributed by atoms with Crippen LogP contribution >= 0.6 is 23.2 Å². The van der Waals surface area contributed by atoms with Crippen LogP contribution in [0.15, 0.2) is 36.4 Å². The van der Waals surface area contributed by atoms with Crippen LogP contribution in [0.1, 0.15) is 29.0 Å². The molecule has 0 aromatic heterocycles. The Morgan fingerprint density at radius 3 is 2.59 bits per heavy atom. The third kappa shape index (κ3) is 2.96. The number of nitrogens with one attached hydrogen (secondary N) is 1. The molecule has 0 radical (unpaired) electrons. The Balaban J connectivity index is 2.05. The first-order valence-electron chi connectivity index (χ1n) is 7.41. The molecule has 4 heteroatoms. The average molecular weight is 336 g/mol. The van der Waals surface area contributed by atoms with E-state index in [2.05, 4.69) is 23.5 Å². The maximum atomic E-state index is 6.21. The molecule has 0 saturated heterocycles. The largest absolute Gasteiger partial charge is 0.497 e. The summed E-state index contributed by atoms with van der Waals surface area (Å²) in [5, 5.41) is 4.62. The van der Waals surface area contributed by atoms with Crippen LogP contribution < -0.4 is 10.1 Å². The summed E-state index contributed by atoms with van der Waals surface area (Å²) in [6, 6.07) is 12.7. The predicted molar refractivity (Wildman–Crippen MR) is 92.5 cm³/mol. The van der Waals surface area contributed by atoms with Crippen molar-refractivity contribution in [3.05, 3.63) is 63.1 Å². The van der Waals surface area contributed by atoms with Crippen molar-refractivity contribution in [1.82, 2.24) is 5.32 Å². The van der Waals surface area contributed by atoms with Gasteiger partial charge >= 0.3 is 0 Å². The van der Waals surface area contributed by atoms with E-state index in [4.69, 9.17) is 27.9 Å². The van der Waals surface area contributed by atoms with Gasteiger partial charge in [-0.3, -0.25) is 0 Å². The Labute approximate surface area is 141 Å². The molecule has 0 heterocycles. The molecule has 0 unspecified atom stereocenters. The SMILES string of the molecule is CN[C@H]1Cc2cc(OC)ccc2[C@@H](c2ccc(Cl)c(Cl)c2)C1. The summed E-state index contributed by atoms with van der Waals surface area (Å²) >= 11 is 12.3. The Kier molecular flexibility index (Phi) is 4.62. The van der Waals surface area contributed by atoms with Gasteiger partial charge in [0.25, 0.3) is 0 Å². The maximum absolute atomic E-state index is 6.21. The van der Waals surface area contributed by atoms with Crippen molar-refractivity contribution in [2.45, 2.75) is 24.8 Å². The van der Waals surface area contributed by atoms with Crippen molar-refractivity contribution in [2.75, 3.05) is 14.2 Å². The molecule has 116 valence electrons. The molecule has 0 aliphatic heterocycles. The molecule has 1 N–H and O–H groups in total. The lowest BCUT2D eigenvalue weighted by atomic mass is 9.76. The van der Waals surface area contributed by atoms with Gasteiger partial charge < -0.3 is 10.1 Å². The molecule has 0 amide bonds. The molecule has 0 saturated carbocycles. The smallest absolute Gasteiger partial charge is 0.119 e. The van der Waals surface area contributed by atoms with Gasteiger partial charge in [0.1, 0.15) is 5.75 Å². The minimum atomic E-state index is 0.321. The van der Waals surface area contributed by atoms with Gasteiger partial charge in [-0.15, -0.1) is 0 Å². The van der Waals surface area contributed by atoms with Crippen LogP contribution in [-0.2, 0) is 6.42 Å². The molecule has 0 bridgehead atoms. The number of benzene rings is 2. The van der Waals surface area contributed by atoms with Gasteiger partial charge in [-0.2, -0.15) is 0 Å². The summed E-state index contributed by atoms with van der Waals surface area (Å²) in [6.07, 6.45) is 2.06. The topological polar surface area (TPSA) is 21.3 Å². The molecule has 2 nitrogen and oxygen atoms in total. The minimum absolute atomic E-state index is 0.321. The molecule has 1 aliphatic carbocycles. The second-order valence-corrected chi connectivity index (χ2v) is 6.53. The van der Waals surface area contributed by atoms with Crippen LogP contribution in [0.4, 0.5) is 0 Å². The molecule has 3 rings (SSSR count). The Hall–Kier alpha value is -1.22. The van der Waals surface area contributed by atoms with E-state index >= 15 is 0 Å². The van der Waals surface area contributed by atoms with Crippen LogP contribution in [-0.4, -0.2) is 20.2 Å². The number of hydrogen-bond acceptors (Lipinski definition) is 2. The normalized spacial score (nSPS) is 20.5. The first kappa shape index (κ1) is 15.7. The average Bonchev–Trinajstić information content (AvgIpc) is 2.55. The van der Waals surface area contributed by atoms with Crippen LogP contribution in [0.25, 0.3) is 0 Å². The van der Waals surface area contributed by atoms with Gasteiger partial charge in [-0.1, -0.05) is 35.3 Å². The maximum Gasteiger partial charge on any atom is 0.119 e. The van der Waals surface area contributed by atoms with E-state index in [0.29, 0.717) is 22.0 Å². The zero-order valence-corrected chi connectivity index (χ0v) is 14.2. The molecule has 0 spiro atoms. The second-order valence-electron chi connectivity index (χ2n) is 5.72. The molecule has 0 fully saturated rings. The standard InChI is InChI=1S/C18H19Cl2NO/c1-21-13-7-12-8-14(22-2)4-5-15(12)16(10-13)11-3-6-17(19)18(20)9-11/h3-6,8-9,13,16,21H,7,10H2,1-2H3/t13-,16+/m0/s1. The first-order chi connectivity index (χ1) is 10.6. The molecular weight excluding hydrogens is 317 g/mol. The summed E-state index contributed by atoms with van der Waals surface area (Å²) in [5.74, 6) is 1.23. The van der Waals surface area contributed by atoms with Crippen molar-refractivity contribution >= 4 is 23.2 Å². The van der Waals surface area contributed by atoms with Crippen molar-refractivity contribution < 1.29 is 4.74 Å². The van der Waals surface area contributed by atoms with Crippen molar-refractivity contribution in [3.63, 3.8) is 0 Å². The molecule has 2 aromatic carbocycles. The lowest BCUT2D eigenvalue weighted by molar-refractivity contribution is 0.410. The van der Waals surface area contributed by atoms with Gasteiger partial charge in [-0.05, 0) is 60.8 Å². The molecular formula is C18H19Cl2NO. The third-order valence-corrected chi connectivity index (χ3v) is 5.21. The lowest BCUT2D eigenvalue weighted by Crippen LogP contribution is -2.34. The number of hydrogen-bond donors (Lipinski definition) is 1. The van der Waals surface area contributed by atoms with Gasteiger partial charge in [0.05, 0.1) is 17.2 Å².